The van der Waals surface area contributed by atoms with Gasteiger partial charge in [-0.1, -0.05) is 18.2 Å². The summed E-state index contributed by atoms with van der Waals surface area (Å²) in [5.74, 6) is -0.239. The lowest BCUT2D eigenvalue weighted by Crippen LogP contribution is -2.48. The maximum atomic E-state index is 12.4. The number of sulfone groups is 1. The van der Waals surface area contributed by atoms with Gasteiger partial charge in [0, 0.05) is 58.0 Å². The van der Waals surface area contributed by atoms with Crippen molar-refractivity contribution >= 4 is 15.7 Å². The Hall–Kier alpha value is -2.19. The molecule has 0 unspecified atom stereocenters. The van der Waals surface area contributed by atoms with E-state index in [1.165, 1.54) is 5.56 Å². The number of amides is 1. The first-order valence-corrected chi connectivity index (χ1v) is 10.8. The van der Waals surface area contributed by atoms with Crippen LogP contribution in [0, 0.1) is 6.92 Å². The normalized spacial score (nSPS) is 15.9. The molecule has 1 fully saturated rings. The topological polar surface area (TPSA) is 75.5 Å². The zero-order valence-electron chi connectivity index (χ0n) is 15.8. The van der Waals surface area contributed by atoms with E-state index in [1.807, 2.05) is 24.9 Å². The van der Waals surface area contributed by atoms with Gasteiger partial charge in [-0.25, -0.2) is 8.42 Å². The number of nitrogens with zero attached hydrogens (tertiary/aromatic N) is 4. The van der Waals surface area contributed by atoms with E-state index in [0.717, 1.165) is 25.3 Å². The van der Waals surface area contributed by atoms with Crippen LogP contribution in [0.2, 0.25) is 0 Å². The zero-order chi connectivity index (χ0) is 19.4. The largest absolute Gasteiger partial charge is 0.340 e. The molecule has 0 N–H and O–H groups in total. The molecule has 7 nitrogen and oxygen atoms in total. The number of hydrogen-bond donors (Lipinski definition) is 0. The molecule has 1 aromatic carbocycles. The molecular weight excluding hydrogens is 364 g/mol. The molecule has 1 saturated heterocycles. The van der Waals surface area contributed by atoms with E-state index < -0.39 is 9.84 Å². The summed E-state index contributed by atoms with van der Waals surface area (Å²) in [6.07, 6.45) is 2.06. The Labute approximate surface area is 160 Å². The molecule has 1 aromatic heterocycles. The number of rotatable bonds is 6. The number of carbonyl (C=O) groups excluding carboxylic acids is 1. The summed E-state index contributed by atoms with van der Waals surface area (Å²) in [4.78, 5) is 16.8. The molecule has 0 atom stereocenters. The fraction of sp³-hybridized carbons (Fsp3) is 0.474. The lowest BCUT2D eigenvalue weighted by Gasteiger charge is -2.34. The summed E-state index contributed by atoms with van der Waals surface area (Å²) in [7, 11) is -1.50. The minimum absolute atomic E-state index is 0.0267. The fourth-order valence-corrected chi connectivity index (χ4v) is 4.58. The minimum atomic E-state index is -3.42. The van der Waals surface area contributed by atoms with Gasteiger partial charge in [-0.05, 0) is 19.1 Å². The van der Waals surface area contributed by atoms with Crippen molar-refractivity contribution in [2.75, 3.05) is 31.9 Å². The van der Waals surface area contributed by atoms with Crippen molar-refractivity contribution in [2.45, 2.75) is 24.8 Å². The third kappa shape index (κ3) is 4.95. The monoisotopic (exact) mass is 390 g/mol. The van der Waals surface area contributed by atoms with Crippen LogP contribution in [0.1, 0.15) is 17.7 Å². The minimum Gasteiger partial charge on any atom is -0.340 e. The highest BCUT2D eigenvalue weighted by molar-refractivity contribution is 7.91. The van der Waals surface area contributed by atoms with Crippen molar-refractivity contribution in [1.82, 2.24) is 19.6 Å². The van der Waals surface area contributed by atoms with Gasteiger partial charge in [0.1, 0.15) is 0 Å². The Kier molecular flexibility index (Phi) is 5.96. The molecule has 27 heavy (non-hydrogen) atoms. The number of aromatic nitrogens is 2. The molecule has 0 aliphatic carbocycles. The molecule has 1 aliphatic rings. The average molecular weight is 391 g/mol. The second-order valence-electron chi connectivity index (χ2n) is 6.95. The highest BCUT2D eigenvalue weighted by Gasteiger charge is 2.24. The summed E-state index contributed by atoms with van der Waals surface area (Å²) in [5.41, 5.74) is 2.23. The van der Waals surface area contributed by atoms with E-state index in [1.54, 1.807) is 35.2 Å². The van der Waals surface area contributed by atoms with Gasteiger partial charge in [0.2, 0.25) is 5.91 Å². The van der Waals surface area contributed by atoms with Crippen molar-refractivity contribution in [3.63, 3.8) is 0 Å². The smallest absolute Gasteiger partial charge is 0.223 e. The maximum Gasteiger partial charge on any atom is 0.223 e. The first-order valence-electron chi connectivity index (χ1n) is 9.12. The van der Waals surface area contributed by atoms with E-state index in [-0.39, 0.29) is 23.0 Å². The summed E-state index contributed by atoms with van der Waals surface area (Å²) in [6, 6.07) is 8.30. The van der Waals surface area contributed by atoms with E-state index in [2.05, 4.69) is 10.00 Å². The summed E-state index contributed by atoms with van der Waals surface area (Å²) < 4.78 is 26.5. The maximum absolute atomic E-state index is 12.4. The van der Waals surface area contributed by atoms with Gasteiger partial charge in [0.15, 0.2) is 9.84 Å². The number of aryl methyl sites for hydroxylation is 2. The summed E-state index contributed by atoms with van der Waals surface area (Å²) in [5, 5.41) is 4.36. The molecule has 0 spiro atoms. The lowest BCUT2D eigenvalue weighted by atomic mass is 10.2. The van der Waals surface area contributed by atoms with Crippen LogP contribution >= 0.6 is 0 Å². The predicted octanol–water partition coefficient (Wildman–Crippen LogP) is 1.24. The van der Waals surface area contributed by atoms with Crippen LogP contribution in [0.4, 0.5) is 0 Å². The molecule has 2 heterocycles. The van der Waals surface area contributed by atoms with Crippen molar-refractivity contribution < 1.29 is 13.2 Å². The molecule has 3 rings (SSSR count). The molecule has 1 aliphatic heterocycles. The molecule has 2 aromatic rings. The van der Waals surface area contributed by atoms with Crippen LogP contribution in [0.25, 0.3) is 0 Å². The van der Waals surface area contributed by atoms with Crippen LogP contribution in [0.3, 0.4) is 0 Å². The Morgan fingerprint density at radius 3 is 2.37 bits per heavy atom. The van der Waals surface area contributed by atoms with E-state index in [4.69, 9.17) is 0 Å². The Balaban J connectivity index is 1.48. The van der Waals surface area contributed by atoms with Gasteiger partial charge < -0.3 is 4.90 Å². The van der Waals surface area contributed by atoms with Crippen LogP contribution in [-0.2, 0) is 28.2 Å². The lowest BCUT2D eigenvalue weighted by molar-refractivity contribution is -0.132. The number of hydrogen-bond acceptors (Lipinski definition) is 5. The zero-order valence-corrected chi connectivity index (χ0v) is 16.7. The first-order chi connectivity index (χ1) is 12.8. The van der Waals surface area contributed by atoms with Gasteiger partial charge in [-0.15, -0.1) is 0 Å². The highest BCUT2D eigenvalue weighted by Crippen LogP contribution is 2.14. The first kappa shape index (κ1) is 19.6. The van der Waals surface area contributed by atoms with E-state index in [9.17, 15) is 13.2 Å². The van der Waals surface area contributed by atoms with Crippen molar-refractivity contribution in [3.05, 3.63) is 47.8 Å². The second kappa shape index (κ2) is 8.22. The van der Waals surface area contributed by atoms with Crippen LogP contribution in [0.15, 0.2) is 41.4 Å². The van der Waals surface area contributed by atoms with Gasteiger partial charge in [-0.2, -0.15) is 5.10 Å². The van der Waals surface area contributed by atoms with Crippen molar-refractivity contribution in [2.24, 2.45) is 7.05 Å². The van der Waals surface area contributed by atoms with Crippen LogP contribution in [-0.4, -0.2) is 65.8 Å². The highest BCUT2D eigenvalue weighted by atomic mass is 32.2. The van der Waals surface area contributed by atoms with Gasteiger partial charge >= 0.3 is 0 Å². The van der Waals surface area contributed by atoms with E-state index >= 15 is 0 Å². The molecule has 0 saturated carbocycles. The standard InChI is InChI=1S/C19H26N4O3S/c1-16-17(14-21(2)20-16)15-22-9-11-23(12-10-22)19(24)8-13-27(25,26)18-6-4-3-5-7-18/h3-7,14H,8-13,15H2,1-2H3. The van der Waals surface area contributed by atoms with E-state index in [0.29, 0.717) is 13.1 Å². The number of piperazine rings is 1. The number of benzene rings is 1. The predicted molar refractivity (Wildman–Crippen MR) is 103 cm³/mol. The van der Waals surface area contributed by atoms with Crippen molar-refractivity contribution in [1.29, 1.82) is 0 Å². The van der Waals surface area contributed by atoms with Crippen LogP contribution < -0.4 is 0 Å². The summed E-state index contributed by atoms with van der Waals surface area (Å²) in [6.45, 7) is 5.65. The average Bonchev–Trinajstić information content (AvgIpc) is 2.98. The fourth-order valence-electron chi connectivity index (χ4n) is 3.33. The molecular formula is C19H26N4O3S. The quantitative estimate of drug-likeness (QED) is 0.742. The number of carbonyl (C=O) groups is 1. The molecule has 0 bridgehead atoms. The third-order valence-electron chi connectivity index (χ3n) is 4.92. The third-order valence-corrected chi connectivity index (χ3v) is 6.65. The molecule has 146 valence electrons. The second-order valence-corrected chi connectivity index (χ2v) is 9.06. The van der Waals surface area contributed by atoms with Gasteiger partial charge in [0.05, 0.1) is 16.3 Å². The Morgan fingerprint density at radius 1 is 1.11 bits per heavy atom. The Morgan fingerprint density at radius 2 is 1.78 bits per heavy atom. The SMILES string of the molecule is Cc1nn(C)cc1CN1CCN(C(=O)CCS(=O)(=O)c2ccccc2)CC1. The summed E-state index contributed by atoms with van der Waals surface area (Å²) >= 11 is 0. The molecule has 0 radical (unpaired) electrons. The van der Waals surface area contributed by atoms with Crippen LogP contribution in [0.5, 0.6) is 0 Å². The van der Waals surface area contributed by atoms with Crippen molar-refractivity contribution in [3.8, 4) is 0 Å². The van der Waals surface area contributed by atoms with Gasteiger partial charge in [0.25, 0.3) is 0 Å². The van der Waals surface area contributed by atoms with Gasteiger partial charge in [-0.3, -0.25) is 14.4 Å². The molecule has 8 heteroatoms. The molecule has 1 amide bonds. The Bertz CT molecular complexity index is 885.